The molecular formula is C16H15ClF4N2S. The quantitative estimate of drug-likeness (QED) is 0.788. The Hall–Kier alpha value is -1.15. The van der Waals surface area contributed by atoms with Gasteiger partial charge in [-0.1, -0.05) is 23.7 Å². The van der Waals surface area contributed by atoms with Gasteiger partial charge >= 0.3 is 6.18 Å². The van der Waals surface area contributed by atoms with Crippen LogP contribution in [-0.2, 0) is 6.18 Å². The van der Waals surface area contributed by atoms with Crippen molar-refractivity contribution in [3.8, 4) is 0 Å². The van der Waals surface area contributed by atoms with Gasteiger partial charge in [0, 0.05) is 31.1 Å². The number of thiophene rings is 1. The van der Waals surface area contributed by atoms with Gasteiger partial charge in [-0.3, -0.25) is 4.90 Å². The van der Waals surface area contributed by atoms with Gasteiger partial charge in [-0.2, -0.15) is 13.2 Å². The molecular weight excluding hydrogens is 364 g/mol. The molecule has 0 bridgehead atoms. The van der Waals surface area contributed by atoms with Crippen molar-refractivity contribution in [3.63, 3.8) is 0 Å². The first kappa shape index (κ1) is 17.7. The monoisotopic (exact) mass is 378 g/mol. The van der Waals surface area contributed by atoms with Crippen LogP contribution in [0.2, 0.25) is 4.34 Å². The van der Waals surface area contributed by atoms with Crippen LogP contribution in [0.1, 0.15) is 22.0 Å². The zero-order valence-electron chi connectivity index (χ0n) is 12.5. The highest BCUT2D eigenvalue weighted by Crippen LogP contribution is 2.42. The van der Waals surface area contributed by atoms with Crippen LogP contribution in [0.3, 0.4) is 0 Å². The van der Waals surface area contributed by atoms with E-state index in [1.54, 1.807) is 12.1 Å². The number of rotatable bonds is 3. The van der Waals surface area contributed by atoms with E-state index >= 15 is 0 Å². The molecule has 24 heavy (non-hydrogen) atoms. The summed E-state index contributed by atoms with van der Waals surface area (Å²) in [5.74, 6) is -1.25. The second-order valence-electron chi connectivity index (χ2n) is 5.53. The fourth-order valence-electron chi connectivity index (χ4n) is 3.01. The van der Waals surface area contributed by atoms with Crippen LogP contribution in [-0.4, -0.2) is 31.1 Å². The standard InChI is InChI=1S/C16H15ClF4N2S/c17-13-5-4-12(24-13)15(23-8-6-22-7-9-23)10-2-1-3-11(18)14(10)16(19,20)21/h1-5,15,22H,6-9H2/t15-/m1/s1. The second-order valence-corrected chi connectivity index (χ2v) is 7.28. The molecule has 2 aromatic rings. The molecule has 8 heteroatoms. The van der Waals surface area contributed by atoms with Crippen LogP contribution in [0.4, 0.5) is 17.6 Å². The molecule has 3 rings (SSSR count). The van der Waals surface area contributed by atoms with Crippen molar-refractivity contribution < 1.29 is 17.6 Å². The van der Waals surface area contributed by atoms with Gasteiger partial charge in [0.1, 0.15) is 5.82 Å². The lowest BCUT2D eigenvalue weighted by Gasteiger charge is -2.35. The predicted molar refractivity (Wildman–Crippen MR) is 87.0 cm³/mol. The molecule has 1 aromatic carbocycles. The Labute approximate surface area is 146 Å². The average molecular weight is 379 g/mol. The molecule has 0 radical (unpaired) electrons. The fraction of sp³-hybridized carbons (Fsp3) is 0.375. The summed E-state index contributed by atoms with van der Waals surface area (Å²) in [5.41, 5.74) is -1.26. The molecule has 1 aromatic heterocycles. The van der Waals surface area contributed by atoms with E-state index in [1.807, 2.05) is 4.90 Å². The summed E-state index contributed by atoms with van der Waals surface area (Å²) in [6, 6.07) is 6.23. The highest BCUT2D eigenvalue weighted by Gasteiger charge is 2.40. The zero-order valence-corrected chi connectivity index (χ0v) is 14.1. The van der Waals surface area contributed by atoms with Crippen molar-refractivity contribution in [2.24, 2.45) is 0 Å². The molecule has 130 valence electrons. The number of nitrogens with zero attached hydrogens (tertiary/aromatic N) is 1. The van der Waals surface area contributed by atoms with Crippen molar-refractivity contribution in [1.29, 1.82) is 0 Å². The molecule has 2 heterocycles. The van der Waals surface area contributed by atoms with Crippen molar-refractivity contribution in [2.75, 3.05) is 26.2 Å². The minimum atomic E-state index is -4.76. The summed E-state index contributed by atoms with van der Waals surface area (Å²) in [6.45, 7) is 2.50. The van der Waals surface area contributed by atoms with Gasteiger partial charge in [0.05, 0.1) is 15.9 Å². The Morgan fingerprint density at radius 3 is 2.42 bits per heavy atom. The predicted octanol–water partition coefficient (Wildman–Crippen LogP) is 4.55. The Bertz CT molecular complexity index is 710. The van der Waals surface area contributed by atoms with Crippen LogP contribution in [0.25, 0.3) is 0 Å². The third kappa shape index (κ3) is 3.59. The van der Waals surface area contributed by atoms with E-state index in [4.69, 9.17) is 11.6 Å². The second kappa shape index (κ2) is 7.00. The van der Waals surface area contributed by atoms with E-state index in [1.165, 1.54) is 23.5 Å². The normalized spacial score (nSPS) is 17.9. The lowest BCUT2D eigenvalue weighted by Crippen LogP contribution is -2.45. The lowest BCUT2D eigenvalue weighted by atomic mass is 9.96. The maximum Gasteiger partial charge on any atom is 0.419 e. The van der Waals surface area contributed by atoms with E-state index in [9.17, 15) is 17.6 Å². The van der Waals surface area contributed by atoms with Gasteiger partial charge in [0.15, 0.2) is 0 Å². The van der Waals surface area contributed by atoms with E-state index in [0.29, 0.717) is 35.4 Å². The third-order valence-corrected chi connectivity index (χ3v) is 5.29. The minimum Gasteiger partial charge on any atom is -0.314 e. The Morgan fingerprint density at radius 1 is 1.12 bits per heavy atom. The minimum absolute atomic E-state index is 0.0667. The molecule has 0 spiro atoms. The number of alkyl halides is 3. The molecule has 0 amide bonds. The van der Waals surface area contributed by atoms with Gasteiger partial charge in [-0.05, 0) is 23.8 Å². The maximum absolute atomic E-state index is 14.0. The van der Waals surface area contributed by atoms with Gasteiger partial charge in [0.25, 0.3) is 0 Å². The van der Waals surface area contributed by atoms with Crippen LogP contribution in [0.5, 0.6) is 0 Å². The average Bonchev–Trinajstić information content (AvgIpc) is 2.93. The summed E-state index contributed by atoms with van der Waals surface area (Å²) < 4.78 is 54.9. The maximum atomic E-state index is 14.0. The van der Waals surface area contributed by atoms with E-state index in [-0.39, 0.29) is 5.56 Å². The number of benzene rings is 1. The van der Waals surface area contributed by atoms with Gasteiger partial charge in [0.2, 0.25) is 0 Å². The van der Waals surface area contributed by atoms with Gasteiger partial charge < -0.3 is 5.32 Å². The molecule has 0 aliphatic carbocycles. The zero-order chi connectivity index (χ0) is 17.3. The first-order chi connectivity index (χ1) is 11.4. The molecule has 1 N–H and O–H groups in total. The largest absolute Gasteiger partial charge is 0.419 e. The third-order valence-electron chi connectivity index (χ3n) is 4.00. The fourth-order valence-corrected chi connectivity index (χ4v) is 4.23. The van der Waals surface area contributed by atoms with Crippen LogP contribution in [0.15, 0.2) is 30.3 Å². The Balaban J connectivity index is 2.14. The number of halogens is 5. The lowest BCUT2D eigenvalue weighted by molar-refractivity contribution is -0.141. The molecule has 1 fully saturated rings. The molecule has 0 saturated carbocycles. The summed E-state index contributed by atoms with van der Waals surface area (Å²) >= 11 is 7.21. The Morgan fingerprint density at radius 2 is 1.83 bits per heavy atom. The molecule has 1 aliphatic rings. The van der Waals surface area contributed by atoms with Crippen LogP contribution < -0.4 is 5.32 Å². The number of nitrogens with one attached hydrogen (secondary N) is 1. The molecule has 0 unspecified atom stereocenters. The summed E-state index contributed by atoms with van der Waals surface area (Å²) in [6.07, 6.45) is -4.76. The van der Waals surface area contributed by atoms with Gasteiger partial charge in [-0.15, -0.1) is 11.3 Å². The summed E-state index contributed by atoms with van der Waals surface area (Å²) in [4.78, 5) is 2.61. The highest BCUT2D eigenvalue weighted by molar-refractivity contribution is 7.16. The van der Waals surface area contributed by atoms with Crippen molar-refractivity contribution in [1.82, 2.24) is 10.2 Å². The first-order valence-electron chi connectivity index (χ1n) is 7.43. The number of hydrogen-bond donors (Lipinski definition) is 1. The topological polar surface area (TPSA) is 15.3 Å². The summed E-state index contributed by atoms with van der Waals surface area (Å²) in [7, 11) is 0. The van der Waals surface area contributed by atoms with E-state index in [0.717, 1.165) is 6.07 Å². The van der Waals surface area contributed by atoms with Crippen molar-refractivity contribution in [2.45, 2.75) is 12.2 Å². The van der Waals surface area contributed by atoms with Crippen molar-refractivity contribution >= 4 is 22.9 Å². The van der Waals surface area contributed by atoms with Crippen LogP contribution >= 0.6 is 22.9 Å². The SMILES string of the molecule is Fc1cccc([C@H](c2ccc(Cl)s2)N2CCNCC2)c1C(F)(F)F. The van der Waals surface area contributed by atoms with E-state index in [2.05, 4.69) is 5.32 Å². The van der Waals surface area contributed by atoms with Crippen LogP contribution in [0, 0.1) is 5.82 Å². The molecule has 1 aliphatic heterocycles. The molecule has 1 atom stereocenters. The summed E-state index contributed by atoms with van der Waals surface area (Å²) in [5, 5.41) is 3.17. The molecule has 1 saturated heterocycles. The Kier molecular flexibility index (Phi) is 5.15. The number of piperazine rings is 1. The first-order valence-corrected chi connectivity index (χ1v) is 8.63. The number of hydrogen-bond acceptors (Lipinski definition) is 3. The molecule has 2 nitrogen and oxygen atoms in total. The smallest absolute Gasteiger partial charge is 0.314 e. The van der Waals surface area contributed by atoms with E-state index < -0.39 is 23.6 Å². The van der Waals surface area contributed by atoms with Crippen molar-refractivity contribution in [3.05, 3.63) is 56.5 Å². The highest BCUT2D eigenvalue weighted by atomic mass is 35.5. The van der Waals surface area contributed by atoms with Gasteiger partial charge in [-0.25, -0.2) is 4.39 Å².